The number of hydrogen-bond donors (Lipinski definition) is 3. The fourth-order valence-corrected chi connectivity index (χ4v) is 1.99. The van der Waals surface area contributed by atoms with Gasteiger partial charge in [0.15, 0.2) is 0 Å². The quantitative estimate of drug-likeness (QED) is 0.791. The SMILES string of the molecule is O=C(NCCO)c1c[nH]c2ccc(Br)cc2c1=O. The molecular weight excluding hydrogens is 300 g/mol. The lowest BCUT2D eigenvalue weighted by atomic mass is 10.1. The van der Waals surface area contributed by atoms with Gasteiger partial charge < -0.3 is 15.4 Å². The molecule has 0 fully saturated rings. The highest BCUT2D eigenvalue weighted by molar-refractivity contribution is 9.10. The molecule has 0 bridgehead atoms. The number of hydrogen-bond acceptors (Lipinski definition) is 3. The summed E-state index contributed by atoms with van der Waals surface area (Å²) in [6.45, 7) is -0.0441. The number of aliphatic hydroxyl groups excluding tert-OH is 1. The van der Waals surface area contributed by atoms with Crippen molar-refractivity contribution in [3.63, 3.8) is 0 Å². The summed E-state index contributed by atoms with van der Waals surface area (Å²) >= 11 is 3.28. The summed E-state index contributed by atoms with van der Waals surface area (Å²) in [7, 11) is 0. The van der Waals surface area contributed by atoms with E-state index in [0.717, 1.165) is 4.47 Å². The van der Waals surface area contributed by atoms with Crippen LogP contribution < -0.4 is 10.7 Å². The van der Waals surface area contributed by atoms with Crippen LogP contribution in [0.4, 0.5) is 0 Å². The normalized spacial score (nSPS) is 10.6. The van der Waals surface area contributed by atoms with E-state index < -0.39 is 5.91 Å². The van der Waals surface area contributed by atoms with Gasteiger partial charge in [0.1, 0.15) is 5.56 Å². The summed E-state index contributed by atoms with van der Waals surface area (Å²) in [5, 5.41) is 11.5. The largest absolute Gasteiger partial charge is 0.395 e. The van der Waals surface area contributed by atoms with Crippen molar-refractivity contribution in [2.45, 2.75) is 0 Å². The zero-order valence-electron chi connectivity index (χ0n) is 9.37. The Bertz CT molecular complexity index is 651. The molecule has 94 valence electrons. The average Bonchev–Trinajstić information content (AvgIpc) is 2.37. The Morgan fingerprint density at radius 3 is 2.94 bits per heavy atom. The van der Waals surface area contributed by atoms with Gasteiger partial charge in [0, 0.05) is 28.1 Å². The summed E-state index contributed by atoms with van der Waals surface area (Å²) < 4.78 is 0.772. The van der Waals surface area contributed by atoms with Crippen LogP contribution in [0.3, 0.4) is 0 Å². The number of pyridine rings is 1. The molecule has 2 rings (SSSR count). The van der Waals surface area contributed by atoms with Crippen molar-refractivity contribution >= 4 is 32.7 Å². The molecule has 1 heterocycles. The van der Waals surface area contributed by atoms with Crippen LogP contribution >= 0.6 is 15.9 Å². The third-order valence-electron chi connectivity index (χ3n) is 2.48. The van der Waals surface area contributed by atoms with Crippen LogP contribution in [-0.4, -0.2) is 29.1 Å². The third-order valence-corrected chi connectivity index (χ3v) is 2.98. The topological polar surface area (TPSA) is 82.2 Å². The fourth-order valence-electron chi connectivity index (χ4n) is 1.62. The van der Waals surface area contributed by atoms with Gasteiger partial charge in [-0.15, -0.1) is 0 Å². The molecule has 18 heavy (non-hydrogen) atoms. The minimum absolute atomic E-state index is 0.0362. The predicted octanol–water partition coefficient (Wildman–Crippen LogP) is 1.01. The Kier molecular flexibility index (Phi) is 3.78. The number of amides is 1. The number of aromatic amines is 1. The average molecular weight is 311 g/mol. The van der Waals surface area contributed by atoms with E-state index in [9.17, 15) is 9.59 Å². The Morgan fingerprint density at radius 1 is 1.44 bits per heavy atom. The van der Waals surface area contributed by atoms with Crippen molar-refractivity contribution in [2.24, 2.45) is 0 Å². The van der Waals surface area contributed by atoms with Crippen molar-refractivity contribution < 1.29 is 9.90 Å². The number of fused-ring (bicyclic) bond motifs is 1. The van der Waals surface area contributed by atoms with Crippen molar-refractivity contribution in [3.8, 4) is 0 Å². The first kappa shape index (κ1) is 12.8. The molecule has 0 saturated carbocycles. The van der Waals surface area contributed by atoms with Crippen molar-refractivity contribution in [2.75, 3.05) is 13.2 Å². The van der Waals surface area contributed by atoms with Gasteiger partial charge in [-0.2, -0.15) is 0 Å². The lowest BCUT2D eigenvalue weighted by Gasteiger charge is -2.04. The van der Waals surface area contributed by atoms with E-state index in [1.54, 1.807) is 12.1 Å². The van der Waals surface area contributed by atoms with E-state index >= 15 is 0 Å². The van der Waals surface area contributed by atoms with E-state index in [2.05, 4.69) is 26.2 Å². The van der Waals surface area contributed by atoms with Gasteiger partial charge >= 0.3 is 0 Å². The van der Waals surface area contributed by atoms with Crippen LogP contribution in [0.15, 0.2) is 33.7 Å². The number of benzene rings is 1. The number of aliphatic hydroxyl groups is 1. The maximum atomic E-state index is 12.1. The molecule has 2 aromatic rings. The number of rotatable bonds is 3. The molecule has 0 aliphatic carbocycles. The Balaban J connectivity index is 2.50. The lowest BCUT2D eigenvalue weighted by Crippen LogP contribution is -2.30. The molecule has 1 amide bonds. The van der Waals surface area contributed by atoms with Crippen LogP contribution in [0.1, 0.15) is 10.4 Å². The summed E-state index contributed by atoms with van der Waals surface area (Å²) in [4.78, 5) is 26.7. The summed E-state index contributed by atoms with van der Waals surface area (Å²) in [5.74, 6) is -0.493. The lowest BCUT2D eigenvalue weighted by molar-refractivity contribution is 0.0943. The van der Waals surface area contributed by atoms with E-state index in [-0.39, 0.29) is 24.1 Å². The molecule has 5 nitrogen and oxygen atoms in total. The smallest absolute Gasteiger partial charge is 0.256 e. The van der Waals surface area contributed by atoms with Gasteiger partial charge in [-0.3, -0.25) is 9.59 Å². The molecule has 1 aromatic heterocycles. The molecule has 1 aromatic carbocycles. The zero-order valence-corrected chi connectivity index (χ0v) is 11.0. The highest BCUT2D eigenvalue weighted by atomic mass is 79.9. The first-order valence-electron chi connectivity index (χ1n) is 5.33. The number of halogens is 1. The zero-order chi connectivity index (χ0) is 13.1. The van der Waals surface area contributed by atoms with E-state index in [4.69, 9.17) is 5.11 Å². The molecule has 0 spiro atoms. The molecule has 0 aliphatic heterocycles. The first-order chi connectivity index (χ1) is 8.63. The van der Waals surface area contributed by atoms with Crippen molar-refractivity contribution in [1.82, 2.24) is 10.3 Å². The second-order valence-corrected chi connectivity index (χ2v) is 4.62. The molecule has 0 radical (unpaired) electrons. The standard InChI is InChI=1S/C12H11BrN2O3/c13-7-1-2-10-8(5-7)11(17)9(6-15-10)12(18)14-3-4-16/h1-2,5-6,16H,3-4H2,(H,14,18)(H,15,17). The van der Waals surface area contributed by atoms with Gasteiger partial charge in [-0.25, -0.2) is 0 Å². The van der Waals surface area contributed by atoms with Crippen LogP contribution in [0.25, 0.3) is 10.9 Å². The Labute approximate surface area is 111 Å². The summed E-state index contributed by atoms with van der Waals surface area (Å²) in [6, 6.07) is 5.23. The second kappa shape index (κ2) is 5.32. The van der Waals surface area contributed by atoms with Crippen LogP contribution in [0, 0.1) is 0 Å². The maximum absolute atomic E-state index is 12.1. The van der Waals surface area contributed by atoms with Gasteiger partial charge in [0.25, 0.3) is 5.91 Å². The van der Waals surface area contributed by atoms with E-state index in [1.807, 2.05) is 6.07 Å². The summed E-state index contributed by atoms with van der Waals surface area (Å²) in [6.07, 6.45) is 1.38. The predicted molar refractivity (Wildman–Crippen MR) is 71.7 cm³/mol. The summed E-state index contributed by atoms with van der Waals surface area (Å²) in [5.41, 5.74) is 0.372. The minimum Gasteiger partial charge on any atom is -0.395 e. The van der Waals surface area contributed by atoms with Gasteiger partial charge in [-0.05, 0) is 18.2 Å². The number of carbonyl (C=O) groups excluding carboxylic acids is 1. The molecular formula is C12H11BrN2O3. The third kappa shape index (κ3) is 2.44. The Hall–Kier alpha value is -1.66. The number of aromatic nitrogens is 1. The molecule has 3 N–H and O–H groups in total. The van der Waals surface area contributed by atoms with Gasteiger partial charge in [0.05, 0.1) is 6.61 Å². The molecule has 0 atom stereocenters. The number of carbonyl (C=O) groups is 1. The maximum Gasteiger partial charge on any atom is 0.256 e. The van der Waals surface area contributed by atoms with E-state index in [0.29, 0.717) is 10.9 Å². The van der Waals surface area contributed by atoms with Gasteiger partial charge in [-0.1, -0.05) is 15.9 Å². The highest BCUT2D eigenvalue weighted by Crippen LogP contribution is 2.15. The number of H-pyrrole nitrogens is 1. The van der Waals surface area contributed by atoms with Crippen molar-refractivity contribution in [1.29, 1.82) is 0 Å². The number of nitrogens with one attached hydrogen (secondary N) is 2. The van der Waals surface area contributed by atoms with E-state index in [1.165, 1.54) is 6.20 Å². The van der Waals surface area contributed by atoms with Crippen LogP contribution in [0.5, 0.6) is 0 Å². The fraction of sp³-hybridized carbons (Fsp3) is 0.167. The van der Waals surface area contributed by atoms with Crippen LogP contribution in [-0.2, 0) is 0 Å². The molecule has 0 aliphatic rings. The first-order valence-corrected chi connectivity index (χ1v) is 6.13. The van der Waals surface area contributed by atoms with Gasteiger partial charge in [0.2, 0.25) is 5.43 Å². The molecule has 0 unspecified atom stereocenters. The Morgan fingerprint density at radius 2 is 2.22 bits per heavy atom. The van der Waals surface area contributed by atoms with Crippen LogP contribution in [0.2, 0.25) is 0 Å². The second-order valence-electron chi connectivity index (χ2n) is 3.70. The molecule has 6 heteroatoms. The highest BCUT2D eigenvalue weighted by Gasteiger charge is 2.12. The van der Waals surface area contributed by atoms with Crippen molar-refractivity contribution in [3.05, 3.63) is 44.7 Å². The molecule has 0 saturated heterocycles. The monoisotopic (exact) mass is 310 g/mol. The minimum atomic E-state index is -0.493.